The lowest BCUT2D eigenvalue weighted by molar-refractivity contribution is -0.139. The lowest BCUT2D eigenvalue weighted by Crippen LogP contribution is -2.60. The molecule has 1 saturated carbocycles. The Morgan fingerprint density at radius 3 is 2.47 bits per heavy atom. The minimum atomic E-state index is -1.35. The van der Waals surface area contributed by atoms with Crippen LogP contribution in [-0.2, 0) is 11.2 Å². The largest absolute Gasteiger partial charge is 0.394 e. The number of nitrogens with zero attached hydrogens (tertiary/aromatic N) is 5. The molecule has 2 saturated heterocycles. The van der Waals surface area contributed by atoms with Crippen molar-refractivity contribution in [2.45, 2.75) is 24.9 Å². The van der Waals surface area contributed by atoms with Crippen LogP contribution in [0, 0.1) is 11.8 Å². The van der Waals surface area contributed by atoms with Crippen molar-refractivity contribution in [1.29, 1.82) is 0 Å². The van der Waals surface area contributed by atoms with Gasteiger partial charge in [0.25, 0.3) is 0 Å². The molecule has 0 bridgehead atoms. The Bertz CT molecular complexity index is 1240. The lowest BCUT2D eigenvalue weighted by atomic mass is 10.0. The minimum absolute atomic E-state index is 0.159. The number of nitrogens with two attached hydrogens (primary N) is 2. The van der Waals surface area contributed by atoms with E-state index in [1.807, 2.05) is 18.2 Å². The van der Waals surface area contributed by atoms with Crippen LogP contribution in [-0.4, -0.2) is 105 Å². The summed E-state index contributed by atoms with van der Waals surface area (Å²) in [7, 11) is 0. The highest BCUT2D eigenvalue weighted by Crippen LogP contribution is 2.43. The first-order chi connectivity index (χ1) is 18.2. The molecule has 0 spiro atoms. The van der Waals surface area contributed by atoms with Crippen LogP contribution in [0.15, 0.2) is 41.3 Å². The van der Waals surface area contributed by atoms with Gasteiger partial charge in [-0.15, -0.1) is 0 Å². The predicted octanol–water partition coefficient (Wildman–Crippen LogP) is -0.950. The van der Waals surface area contributed by atoms with Gasteiger partial charge in [-0.25, -0.2) is 9.59 Å². The zero-order valence-corrected chi connectivity index (χ0v) is 21.6. The first-order valence-electron chi connectivity index (χ1n) is 13.1. The van der Waals surface area contributed by atoms with Gasteiger partial charge in [-0.2, -0.15) is 4.98 Å². The van der Waals surface area contributed by atoms with Crippen LogP contribution in [0.2, 0.25) is 0 Å². The molecule has 2 aromatic rings. The van der Waals surface area contributed by atoms with Gasteiger partial charge in [-0.1, -0.05) is 12.1 Å². The number of hydrogen-bond acceptors (Lipinski definition) is 8. The number of likely N-dealkylation sites (tertiary alicyclic amines) is 1. The van der Waals surface area contributed by atoms with Gasteiger partial charge < -0.3 is 31.3 Å². The van der Waals surface area contributed by atoms with E-state index in [2.05, 4.69) is 21.3 Å². The second-order valence-corrected chi connectivity index (χ2v) is 10.8. The van der Waals surface area contributed by atoms with Crippen LogP contribution in [0.3, 0.4) is 0 Å². The number of benzene rings is 1. The van der Waals surface area contributed by atoms with Crippen molar-refractivity contribution in [3.8, 4) is 5.69 Å². The molecule has 2 aliphatic heterocycles. The molecule has 0 radical (unpaired) electrons. The van der Waals surface area contributed by atoms with Gasteiger partial charge in [0.2, 0.25) is 5.91 Å². The van der Waals surface area contributed by atoms with Gasteiger partial charge in [0, 0.05) is 58.1 Å². The summed E-state index contributed by atoms with van der Waals surface area (Å²) in [6, 6.07) is 9.43. The Balaban J connectivity index is 1.15. The topological polar surface area (TPSA) is 163 Å². The van der Waals surface area contributed by atoms with E-state index in [1.165, 1.54) is 16.4 Å². The van der Waals surface area contributed by atoms with Crippen LogP contribution in [0.25, 0.3) is 5.69 Å². The number of carbonyl (C=O) groups excluding carboxylic acids is 2. The normalized spacial score (nSPS) is 24.6. The molecule has 6 N–H and O–H groups in total. The Kier molecular flexibility index (Phi) is 7.23. The molecule has 1 unspecified atom stereocenters. The number of urea groups is 1. The first kappa shape index (κ1) is 26.3. The molecule has 3 amide bonds. The zero-order valence-electron chi connectivity index (χ0n) is 21.6. The van der Waals surface area contributed by atoms with Gasteiger partial charge in [-0.3, -0.25) is 14.7 Å². The van der Waals surface area contributed by atoms with Crippen LogP contribution in [0.5, 0.6) is 0 Å². The molecular formula is C26H36N8O4. The molecule has 4 atom stereocenters. The number of rotatable bonds is 7. The highest BCUT2D eigenvalue weighted by atomic mass is 16.3. The fourth-order valence-corrected chi connectivity index (χ4v) is 5.39. The first-order valence-corrected chi connectivity index (χ1v) is 13.1. The zero-order chi connectivity index (χ0) is 27.0. The summed E-state index contributed by atoms with van der Waals surface area (Å²) in [5, 5.41) is 12.0. The second-order valence-electron chi connectivity index (χ2n) is 10.8. The molecule has 3 fully saturated rings. The van der Waals surface area contributed by atoms with Crippen molar-refractivity contribution < 1.29 is 14.7 Å². The molecule has 5 rings (SSSR count). The smallest absolute Gasteiger partial charge is 0.354 e. The number of carbonyl (C=O) groups is 2. The molecule has 3 heterocycles. The van der Waals surface area contributed by atoms with Gasteiger partial charge >= 0.3 is 11.7 Å². The van der Waals surface area contributed by atoms with E-state index in [1.54, 1.807) is 17.2 Å². The number of hydrogen-bond donors (Lipinski definition) is 4. The molecule has 3 aliphatic rings. The van der Waals surface area contributed by atoms with Crippen molar-refractivity contribution in [3.05, 3.63) is 52.6 Å². The Labute approximate surface area is 221 Å². The molecule has 1 aromatic heterocycles. The predicted molar refractivity (Wildman–Crippen MR) is 142 cm³/mol. The van der Waals surface area contributed by atoms with Crippen molar-refractivity contribution >= 4 is 17.8 Å². The maximum atomic E-state index is 12.8. The Morgan fingerprint density at radius 2 is 1.82 bits per heavy atom. The number of fused-ring (bicyclic) bond motifs is 1. The average Bonchev–Trinajstić information content (AvgIpc) is 3.30. The number of amides is 3. The molecule has 38 heavy (non-hydrogen) atoms. The van der Waals surface area contributed by atoms with E-state index in [0.717, 1.165) is 37.3 Å². The Morgan fingerprint density at radius 1 is 1.13 bits per heavy atom. The average molecular weight is 525 g/mol. The quantitative estimate of drug-likeness (QED) is 0.360. The maximum absolute atomic E-state index is 12.8. The molecular weight excluding hydrogens is 488 g/mol. The van der Waals surface area contributed by atoms with Crippen molar-refractivity contribution in [2.75, 3.05) is 57.7 Å². The van der Waals surface area contributed by atoms with Gasteiger partial charge in [0.05, 0.1) is 12.3 Å². The third-order valence-corrected chi connectivity index (χ3v) is 7.95. The lowest BCUT2D eigenvalue weighted by Gasteiger charge is -2.37. The molecule has 12 nitrogen and oxygen atoms in total. The summed E-state index contributed by atoms with van der Waals surface area (Å²) in [5.74, 6) is 1.13. The third-order valence-electron chi connectivity index (χ3n) is 7.95. The maximum Gasteiger partial charge on any atom is 0.354 e. The van der Waals surface area contributed by atoms with E-state index in [4.69, 9.17) is 11.5 Å². The van der Waals surface area contributed by atoms with Crippen LogP contribution in [0.1, 0.15) is 12.5 Å². The van der Waals surface area contributed by atoms with Crippen LogP contribution in [0.4, 0.5) is 10.6 Å². The summed E-state index contributed by atoms with van der Waals surface area (Å²) in [4.78, 5) is 47.5. The summed E-state index contributed by atoms with van der Waals surface area (Å²) in [5.41, 5.74) is 11.9. The number of piperazine rings is 1. The number of anilines is 1. The summed E-state index contributed by atoms with van der Waals surface area (Å²) in [6.45, 7) is 5.35. The number of piperidine rings is 1. The van der Waals surface area contributed by atoms with Gasteiger partial charge in [0.15, 0.2) is 0 Å². The van der Waals surface area contributed by atoms with Gasteiger partial charge in [0.1, 0.15) is 11.4 Å². The minimum Gasteiger partial charge on any atom is -0.394 e. The van der Waals surface area contributed by atoms with Crippen molar-refractivity contribution in [3.63, 3.8) is 0 Å². The summed E-state index contributed by atoms with van der Waals surface area (Å²) in [6.07, 6.45) is 2.50. The number of aliphatic hydroxyl groups excluding tert-OH is 1. The standard InChI is InChI=1S/C26H36N8O4/c1-26(28,16-35)23(36)32-9-11-33(12-10-32)24(37)29-21-6-8-34(25(38)30-21)18-4-2-3-17(13-18)5-7-31-14-19-20(15-31)22(19)27/h2-4,6,8,13,19-20,22,35H,5,7,9-12,14-16,27-28H2,1H3,(H,29,30,37,38)/t19-,20+,22?,26-/m0/s1. The van der Waals surface area contributed by atoms with Gasteiger partial charge in [-0.05, 0) is 48.9 Å². The summed E-state index contributed by atoms with van der Waals surface area (Å²) >= 11 is 0. The monoisotopic (exact) mass is 524 g/mol. The fraction of sp³-hybridized carbons (Fsp3) is 0.538. The van der Waals surface area contributed by atoms with E-state index < -0.39 is 23.9 Å². The number of aromatic nitrogens is 2. The van der Waals surface area contributed by atoms with Crippen molar-refractivity contribution in [1.82, 2.24) is 24.3 Å². The number of nitrogens with one attached hydrogen (secondary N) is 1. The Hall–Kier alpha value is -3.32. The molecule has 1 aliphatic carbocycles. The third kappa shape index (κ3) is 5.44. The van der Waals surface area contributed by atoms with E-state index in [0.29, 0.717) is 44.1 Å². The van der Waals surface area contributed by atoms with E-state index in [-0.39, 0.29) is 11.7 Å². The van der Waals surface area contributed by atoms with E-state index >= 15 is 0 Å². The molecule has 1 aromatic carbocycles. The SMILES string of the molecule is C[C@](N)(CO)C(=O)N1CCN(C(=O)Nc2ccn(-c3cccc(CCN4C[C@@H]5C(N)[C@@H]5C4)c3)c(=O)n2)CC1. The van der Waals surface area contributed by atoms with Crippen LogP contribution >= 0.6 is 0 Å². The number of aliphatic hydroxyl groups is 1. The fourth-order valence-electron chi connectivity index (χ4n) is 5.39. The highest BCUT2D eigenvalue weighted by Gasteiger charge is 2.53. The van der Waals surface area contributed by atoms with E-state index in [9.17, 15) is 19.5 Å². The molecule has 12 heteroatoms. The highest BCUT2D eigenvalue weighted by molar-refractivity contribution is 5.89. The molecule has 204 valence electrons. The second kappa shape index (κ2) is 10.4. The summed E-state index contributed by atoms with van der Waals surface area (Å²) < 4.78 is 1.46. The van der Waals surface area contributed by atoms with Crippen molar-refractivity contribution in [2.24, 2.45) is 23.3 Å². The van der Waals surface area contributed by atoms with Crippen LogP contribution < -0.4 is 22.5 Å².